The fraction of sp³-hybridized carbons (Fsp3) is 0.0690. The van der Waals surface area contributed by atoms with E-state index in [1.807, 2.05) is 0 Å². The minimum atomic E-state index is 0.889. The van der Waals surface area contributed by atoms with Crippen molar-refractivity contribution in [2.45, 2.75) is 26.9 Å². The molecule has 2 heteroatoms. The van der Waals surface area contributed by atoms with Gasteiger partial charge in [-0.1, -0.05) is 170 Å². The van der Waals surface area contributed by atoms with Gasteiger partial charge in [0.2, 0.25) is 0 Å². The predicted octanol–water partition coefficient (Wildman–Crippen LogP) is 16.1. The number of hydrogen-bond acceptors (Lipinski definition) is 0. The van der Waals surface area contributed by atoms with Gasteiger partial charge in [-0.05, 0) is 104 Å². The summed E-state index contributed by atoms with van der Waals surface area (Å²) in [6.07, 6.45) is 0. The summed E-state index contributed by atoms with van der Waals surface area (Å²) in [7, 11) is 0. The minimum absolute atomic E-state index is 0.889. The van der Waals surface area contributed by atoms with Crippen LogP contribution < -0.4 is 0 Å². The third-order valence-corrected chi connectivity index (χ3v) is 13.1. The Morgan fingerprint density at radius 1 is 0.300 bits per heavy atom. The van der Waals surface area contributed by atoms with E-state index in [4.69, 9.17) is 0 Å². The van der Waals surface area contributed by atoms with E-state index in [1.54, 1.807) is 0 Å². The molecule has 0 aliphatic carbocycles. The Hall–Kier alpha value is -7.42. The van der Waals surface area contributed by atoms with Crippen LogP contribution in [0.4, 0.5) is 0 Å². The molecule has 0 atom stereocenters. The Bertz CT molecular complexity index is 3500. The minimum Gasteiger partial charge on any atom is -0.340 e. The fourth-order valence-electron chi connectivity index (χ4n) is 10.6. The Morgan fingerprint density at radius 2 is 0.767 bits per heavy atom. The van der Waals surface area contributed by atoms with Crippen LogP contribution in [0.25, 0.3) is 120 Å². The SMILES string of the molecule is CCn1c2ccccc2c2cccc(-c3cccc4c(-c5ccc6cccc(-c7ccccc7)c6c5)c5cccc(-c6cccc7c8ccccc8n(CC)c67)c5cc34)c21. The topological polar surface area (TPSA) is 9.86 Å². The average Bonchev–Trinajstić information content (AvgIpc) is 3.83. The molecular formula is C58H42N2. The number of nitrogens with zero attached hydrogens (tertiary/aromatic N) is 2. The molecule has 2 nitrogen and oxygen atoms in total. The summed E-state index contributed by atoms with van der Waals surface area (Å²) in [5.74, 6) is 0. The first kappa shape index (κ1) is 34.6. The first-order valence-corrected chi connectivity index (χ1v) is 21.3. The smallest absolute Gasteiger partial charge is 0.0571 e. The van der Waals surface area contributed by atoms with Crippen LogP contribution in [0.15, 0.2) is 194 Å². The van der Waals surface area contributed by atoms with Crippen LogP contribution in [0.2, 0.25) is 0 Å². The predicted molar refractivity (Wildman–Crippen MR) is 258 cm³/mol. The van der Waals surface area contributed by atoms with Gasteiger partial charge in [-0.2, -0.15) is 0 Å². The van der Waals surface area contributed by atoms with Crippen molar-refractivity contribution < 1.29 is 0 Å². The average molecular weight is 767 g/mol. The van der Waals surface area contributed by atoms with Crippen LogP contribution in [0, 0.1) is 0 Å². The quantitative estimate of drug-likeness (QED) is 0.149. The van der Waals surface area contributed by atoms with Gasteiger partial charge >= 0.3 is 0 Å². The van der Waals surface area contributed by atoms with Crippen molar-refractivity contribution in [3.8, 4) is 44.5 Å². The molecule has 0 unspecified atom stereocenters. The summed E-state index contributed by atoms with van der Waals surface area (Å²) >= 11 is 0. The Kier molecular flexibility index (Phi) is 7.83. The zero-order chi connectivity index (χ0) is 39.9. The summed E-state index contributed by atoms with van der Waals surface area (Å²) < 4.78 is 5.01. The van der Waals surface area contributed by atoms with Gasteiger partial charge in [-0.15, -0.1) is 0 Å². The van der Waals surface area contributed by atoms with Gasteiger partial charge in [0.25, 0.3) is 0 Å². The van der Waals surface area contributed by atoms with Gasteiger partial charge in [0.05, 0.1) is 11.0 Å². The molecule has 10 aromatic carbocycles. The van der Waals surface area contributed by atoms with Gasteiger partial charge in [0.15, 0.2) is 0 Å². The molecule has 60 heavy (non-hydrogen) atoms. The molecule has 0 spiro atoms. The highest BCUT2D eigenvalue weighted by molar-refractivity contribution is 6.23. The monoisotopic (exact) mass is 766 g/mol. The summed E-state index contributed by atoms with van der Waals surface area (Å²) in [5, 5.41) is 12.7. The first-order valence-electron chi connectivity index (χ1n) is 21.3. The van der Waals surface area contributed by atoms with Crippen molar-refractivity contribution in [3.05, 3.63) is 194 Å². The van der Waals surface area contributed by atoms with Crippen LogP contribution in [0.5, 0.6) is 0 Å². The molecule has 0 bridgehead atoms. The van der Waals surface area contributed by atoms with E-state index in [-0.39, 0.29) is 0 Å². The highest BCUT2D eigenvalue weighted by Gasteiger charge is 2.21. The maximum absolute atomic E-state index is 2.50. The second kappa shape index (κ2) is 13.6. The highest BCUT2D eigenvalue weighted by Crippen LogP contribution is 2.47. The van der Waals surface area contributed by atoms with E-state index in [2.05, 4.69) is 217 Å². The molecule has 0 saturated heterocycles. The lowest BCUT2D eigenvalue weighted by Crippen LogP contribution is -1.97. The van der Waals surface area contributed by atoms with E-state index < -0.39 is 0 Å². The van der Waals surface area contributed by atoms with Crippen LogP contribution in [0.3, 0.4) is 0 Å². The van der Waals surface area contributed by atoms with Crippen molar-refractivity contribution in [2.24, 2.45) is 0 Å². The lowest BCUT2D eigenvalue weighted by Gasteiger charge is -2.19. The van der Waals surface area contributed by atoms with Gasteiger partial charge < -0.3 is 9.13 Å². The summed E-state index contributed by atoms with van der Waals surface area (Å²) in [5.41, 5.74) is 15.1. The summed E-state index contributed by atoms with van der Waals surface area (Å²) in [6.45, 7) is 6.31. The van der Waals surface area contributed by atoms with E-state index in [0.717, 1.165) is 13.1 Å². The standard InChI is InChI=1S/C58H42N2/c1-3-59-54-31-10-8-20-43(54)49-29-15-27-47(57(49)59)41-23-13-25-45-52(41)36-53-42(48-28-16-30-50-44-21-9-11-32-55(44)60(4-2)58(48)50)24-14-26-46(53)56(45)39-34-33-38-19-12-22-40(51(38)35-39)37-17-6-5-7-18-37/h5-36H,3-4H2,1-2H3. The normalized spacial score (nSPS) is 12.0. The molecule has 2 aromatic heterocycles. The lowest BCUT2D eigenvalue weighted by atomic mass is 9.85. The third-order valence-electron chi connectivity index (χ3n) is 13.1. The van der Waals surface area contributed by atoms with Crippen molar-refractivity contribution in [3.63, 3.8) is 0 Å². The van der Waals surface area contributed by atoms with E-state index in [0.29, 0.717) is 0 Å². The molecule has 0 radical (unpaired) electrons. The van der Waals surface area contributed by atoms with Crippen LogP contribution >= 0.6 is 0 Å². The van der Waals surface area contributed by atoms with Gasteiger partial charge in [0.1, 0.15) is 0 Å². The van der Waals surface area contributed by atoms with Crippen LogP contribution in [0.1, 0.15) is 13.8 Å². The summed E-state index contributed by atoms with van der Waals surface area (Å²) in [6, 6.07) is 72.5. The molecule has 0 N–H and O–H groups in total. The molecule has 0 aliphatic heterocycles. The molecule has 284 valence electrons. The largest absolute Gasteiger partial charge is 0.340 e. The van der Waals surface area contributed by atoms with Gasteiger partial charge in [0, 0.05) is 56.8 Å². The number of aryl methyl sites for hydroxylation is 2. The Labute approximate surface area is 349 Å². The molecule has 0 saturated carbocycles. The summed E-state index contributed by atoms with van der Waals surface area (Å²) in [4.78, 5) is 0. The van der Waals surface area contributed by atoms with Crippen molar-refractivity contribution in [2.75, 3.05) is 0 Å². The maximum atomic E-state index is 2.50. The molecule has 12 rings (SSSR count). The van der Waals surface area contributed by atoms with Gasteiger partial charge in [-0.25, -0.2) is 0 Å². The van der Waals surface area contributed by atoms with E-state index in [9.17, 15) is 0 Å². The Morgan fingerprint density at radius 3 is 1.33 bits per heavy atom. The Balaban J connectivity index is 1.23. The fourth-order valence-corrected chi connectivity index (χ4v) is 10.6. The zero-order valence-corrected chi connectivity index (χ0v) is 33.8. The molecular weight excluding hydrogens is 725 g/mol. The van der Waals surface area contributed by atoms with Crippen molar-refractivity contribution in [1.29, 1.82) is 0 Å². The zero-order valence-electron chi connectivity index (χ0n) is 33.8. The third kappa shape index (κ3) is 5.01. The van der Waals surface area contributed by atoms with Crippen molar-refractivity contribution in [1.82, 2.24) is 9.13 Å². The van der Waals surface area contributed by atoms with E-state index >= 15 is 0 Å². The van der Waals surface area contributed by atoms with E-state index in [1.165, 1.54) is 120 Å². The maximum Gasteiger partial charge on any atom is 0.0571 e. The molecule has 0 fully saturated rings. The highest BCUT2D eigenvalue weighted by atomic mass is 15.0. The van der Waals surface area contributed by atoms with Crippen LogP contribution in [-0.2, 0) is 13.1 Å². The molecule has 2 heterocycles. The molecule has 12 aromatic rings. The first-order chi connectivity index (χ1) is 29.7. The van der Waals surface area contributed by atoms with Gasteiger partial charge in [-0.3, -0.25) is 0 Å². The molecule has 0 aliphatic rings. The number of rotatable bonds is 6. The number of benzene rings is 10. The van der Waals surface area contributed by atoms with Crippen molar-refractivity contribution >= 4 is 75.9 Å². The lowest BCUT2D eigenvalue weighted by molar-refractivity contribution is 0.828. The number of para-hydroxylation sites is 4. The number of aromatic nitrogens is 2. The second-order valence-corrected chi connectivity index (χ2v) is 16.1. The number of hydrogen-bond donors (Lipinski definition) is 0. The molecule has 0 amide bonds. The number of fused-ring (bicyclic) bond motifs is 9. The van der Waals surface area contributed by atoms with Crippen LogP contribution in [-0.4, -0.2) is 9.13 Å². The second-order valence-electron chi connectivity index (χ2n) is 16.1.